The Labute approximate surface area is 127 Å². The summed E-state index contributed by atoms with van der Waals surface area (Å²) in [7, 11) is 0. The second-order valence-electron chi connectivity index (χ2n) is 4.70. The number of aromatic nitrogens is 2. The molecule has 0 bridgehead atoms. The van der Waals surface area contributed by atoms with Gasteiger partial charge in [-0.05, 0) is 24.3 Å². The predicted molar refractivity (Wildman–Crippen MR) is 87.0 cm³/mol. The fraction of sp³-hybridized carbons (Fsp3) is 0. The van der Waals surface area contributed by atoms with Gasteiger partial charge in [0.1, 0.15) is 17.6 Å². The maximum Gasteiger partial charge on any atom is 0.144 e. The molecule has 0 unspecified atom stereocenters. The molecule has 3 aromatic rings. The van der Waals surface area contributed by atoms with Gasteiger partial charge in [-0.15, -0.1) is 0 Å². The van der Waals surface area contributed by atoms with Crippen molar-refractivity contribution in [3.8, 4) is 5.69 Å². The van der Waals surface area contributed by atoms with Gasteiger partial charge in [0.25, 0.3) is 0 Å². The summed E-state index contributed by atoms with van der Waals surface area (Å²) in [6.07, 6.45) is 2.75. The number of rotatable bonds is 4. The van der Waals surface area contributed by atoms with Gasteiger partial charge in [0.15, 0.2) is 0 Å². The molecule has 5 heteroatoms. The number of hydrogen-bond donors (Lipinski definition) is 3. The third-order valence-corrected chi connectivity index (χ3v) is 3.27. The highest BCUT2D eigenvalue weighted by atomic mass is 15.1. The average Bonchev–Trinajstić information content (AvgIpc) is 2.57. The summed E-state index contributed by atoms with van der Waals surface area (Å²) >= 11 is 0. The van der Waals surface area contributed by atoms with Crippen molar-refractivity contribution in [2.75, 3.05) is 5.32 Å². The lowest BCUT2D eigenvalue weighted by Gasteiger charge is -2.12. The second-order valence-corrected chi connectivity index (χ2v) is 4.70. The van der Waals surface area contributed by atoms with Crippen LogP contribution in [0.25, 0.3) is 5.69 Å². The molecule has 22 heavy (non-hydrogen) atoms. The van der Waals surface area contributed by atoms with Crippen LogP contribution in [0.2, 0.25) is 0 Å². The Morgan fingerprint density at radius 1 is 0.955 bits per heavy atom. The second kappa shape index (κ2) is 6.05. The highest BCUT2D eigenvalue weighted by molar-refractivity contribution is 5.84. The fourth-order valence-corrected chi connectivity index (χ4v) is 2.16. The first-order valence-electron chi connectivity index (χ1n) is 6.84. The van der Waals surface area contributed by atoms with Gasteiger partial charge in [-0.1, -0.05) is 36.4 Å². The monoisotopic (exact) mass is 289 g/mol. The Morgan fingerprint density at radius 2 is 1.59 bits per heavy atom. The predicted octanol–water partition coefficient (Wildman–Crippen LogP) is 3.09. The van der Waals surface area contributed by atoms with Gasteiger partial charge in [-0.25, -0.2) is 4.98 Å². The van der Waals surface area contributed by atoms with Crippen molar-refractivity contribution in [3.63, 3.8) is 0 Å². The summed E-state index contributed by atoms with van der Waals surface area (Å²) in [4.78, 5) is 4.36. The third kappa shape index (κ3) is 2.64. The van der Waals surface area contributed by atoms with Crippen molar-refractivity contribution in [2.45, 2.75) is 0 Å². The number of para-hydroxylation sites is 2. The van der Waals surface area contributed by atoms with Gasteiger partial charge in [-0.2, -0.15) is 0 Å². The SMILES string of the molecule is N=Cc1c(Nc2ccccc2)ncn(-c2ccccc2)c1=N. The molecule has 1 aromatic heterocycles. The molecule has 0 aliphatic carbocycles. The Morgan fingerprint density at radius 3 is 2.23 bits per heavy atom. The summed E-state index contributed by atoms with van der Waals surface area (Å²) in [6, 6.07) is 19.1. The van der Waals surface area contributed by atoms with E-state index in [-0.39, 0.29) is 5.49 Å². The van der Waals surface area contributed by atoms with Gasteiger partial charge >= 0.3 is 0 Å². The molecule has 0 radical (unpaired) electrons. The van der Waals surface area contributed by atoms with Crippen LogP contribution in [0.4, 0.5) is 11.5 Å². The topological polar surface area (TPSA) is 77.6 Å². The van der Waals surface area contributed by atoms with Crippen LogP contribution < -0.4 is 10.8 Å². The normalized spacial score (nSPS) is 10.2. The van der Waals surface area contributed by atoms with E-state index < -0.39 is 0 Å². The molecule has 3 N–H and O–H groups in total. The zero-order valence-corrected chi connectivity index (χ0v) is 11.8. The van der Waals surface area contributed by atoms with Crippen LogP contribution >= 0.6 is 0 Å². The highest BCUT2D eigenvalue weighted by Crippen LogP contribution is 2.15. The molecule has 108 valence electrons. The minimum atomic E-state index is 0.217. The lowest BCUT2D eigenvalue weighted by molar-refractivity contribution is 0.883. The number of benzene rings is 2. The summed E-state index contributed by atoms with van der Waals surface area (Å²) in [6.45, 7) is 0. The van der Waals surface area contributed by atoms with E-state index in [0.717, 1.165) is 17.6 Å². The Balaban J connectivity index is 2.06. The molecule has 3 rings (SSSR count). The standard InChI is InChI=1S/C17H15N5/c18-11-15-16(19)22(14-9-5-2-6-10-14)12-20-17(15)21-13-7-3-1-4-8-13/h1-12,18-19,21H. The minimum absolute atomic E-state index is 0.217. The van der Waals surface area contributed by atoms with Crippen LogP contribution in [0.1, 0.15) is 5.56 Å². The molecule has 0 aliphatic heterocycles. The van der Waals surface area contributed by atoms with Crippen LogP contribution in [0.3, 0.4) is 0 Å². The van der Waals surface area contributed by atoms with E-state index in [0.29, 0.717) is 11.4 Å². The van der Waals surface area contributed by atoms with Crippen molar-refractivity contribution in [1.29, 1.82) is 10.8 Å². The third-order valence-electron chi connectivity index (χ3n) is 3.27. The molecule has 0 spiro atoms. The van der Waals surface area contributed by atoms with Gasteiger partial charge < -0.3 is 10.7 Å². The van der Waals surface area contributed by atoms with E-state index in [1.54, 1.807) is 10.9 Å². The summed E-state index contributed by atoms with van der Waals surface area (Å²) in [5.41, 5.74) is 2.37. The van der Waals surface area contributed by atoms with E-state index in [4.69, 9.17) is 10.8 Å². The van der Waals surface area contributed by atoms with Crippen molar-refractivity contribution in [1.82, 2.24) is 9.55 Å². The minimum Gasteiger partial charge on any atom is -0.340 e. The lowest BCUT2D eigenvalue weighted by Crippen LogP contribution is -2.24. The Bertz CT molecular complexity index is 838. The first kappa shape index (κ1) is 13.8. The van der Waals surface area contributed by atoms with Crippen LogP contribution in [-0.4, -0.2) is 15.8 Å². The smallest absolute Gasteiger partial charge is 0.144 e. The molecule has 2 aromatic carbocycles. The molecule has 0 saturated carbocycles. The van der Waals surface area contributed by atoms with Crippen molar-refractivity contribution in [2.24, 2.45) is 0 Å². The summed E-state index contributed by atoms with van der Waals surface area (Å²) in [5, 5.41) is 19.1. The quantitative estimate of drug-likeness (QED) is 0.645. The van der Waals surface area contributed by atoms with Crippen LogP contribution in [-0.2, 0) is 0 Å². The van der Waals surface area contributed by atoms with Gasteiger partial charge in [0.2, 0.25) is 0 Å². The molecule has 0 aliphatic rings. The molecular weight excluding hydrogens is 274 g/mol. The molecule has 0 amide bonds. The molecule has 0 fully saturated rings. The number of nitrogens with zero attached hydrogens (tertiary/aromatic N) is 2. The van der Waals surface area contributed by atoms with Crippen molar-refractivity contribution < 1.29 is 0 Å². The lowest BCUT2D eigenvalue weighted by atomic mass is 10.2. The molecule has 5 nitrogen and oxygen atoms in total. The van der Waals surface area contributed by atoms with E-state index in [2.05, 4.69) is 10.3 Å². The largest absolute Gasteiger partial charge is 0.340 e. The first-order valence-corrected chi connectivity index (χ1v) is 6.84. The molecule has 0 atom stereocenters. The van der Waals surface area contributed by atoms with E-state index in [1.165, 1.54) is 0 Å². The van der Waals surface area contributed by atoms with Crippen LogP contribution in [0.5, 0.6) is 0 Å². The van der Waals surface area contributed by atoms with Gasteiger partial charge in [0.05, 0.1) is 5.56 Å². The maximum atomic E-state index is 8.32. The van der Waals surface area contributed by atoms with Gasteiger partial charge in [-0.3, -0.25) is 9.98 Å². The van der Waals surface area contributed by atoms with Crippen LogP contribution in [0, 0.1) is 10.8 Å². The summed E-state index contributed by atoms with van der Waals surface area (Å²) in [5.74, 6) is 0.499. The van der Waals surface area contributed by atoms with E-state index in [1.807, 2.05) is 60.7 Å². The average molecular weight is 289 g/mol. The number of hydrogen-bond acceptors (Lipinski definition) is 4. The van der Waals surface area contributed by atoms with E-state index >= 15 is 0 Å². The zero-order valence-electron chi connectivity index (χ0n) is 11.8. The highest BCUT2D eigenvalue weighted by Gasteiger charge is 2.08. The van der Waals surface area contributed by atoms with Crippen LogP contribution in [0.15, 0.2) is 67.0 Å². The Hall–Kier alpha value is -3.21. The van der Waals surface area contributed by atoms with Gasteiger partial charge in [0, 0.05) is 17.6 Å². The van der Waals surface area contributed by atoms with Crippen molar-refractivity contribution >= 4 is 17.7 Å². The fourth-order valence-electron chi connectivity index (χ4n) is 2.16. The Kier molecular flexibility index (Phi) is 3.78. The van der Waals surface area contributed by atoms with Crippen molar-refractivity contribution in [3.05, 3.63) is 78.0 Å². The molecule has 0 saturated heterocycles. The molecular formula is C17H15N5. The number of nitrogens with one attached hydrogen (secondary N) is 3. The maximum absolute atomic E-state index is 8.32. The summed E-state index contributed by atoms with van der Waals surface area (Å²) < 4.78 is 1.65. The zero-order chi connectivity index (χ0) is 15.4. The molecule has 1 heterocycles. The first-order chi connectivity index (χ1) is 10.8. The van der Waals surface area contributed by atoms with E-state index in [9.17, 15) is 0 Å². The number of anilines is 2.